The number of nitrogens with one attached hydrogen (secondary N) is 1. The fraction of sp³-hybridized carbons (Fsp3) is 0.300. The number of nitrogens with zero attached hydrogens (tertiary/aromatic N) is 5. The first-order valence-electron chi connectivity index (χ1n) is 13.3. The normalized spacial score (nSPS) is 14.1. The van der Waals surface area contributed by atoms with Gasteiger partial charge in [0.25, 0.3) is 5.91 Å². The predicted octanol–water partition coefficient (Wildman–Crippen LogP) is 5.14. The van der Waals surface area contributed by atoms with Gasteiger partial charge in [0.15, 0.2) is 0 Å². The lowest BCUT2D eigenvalue weighted by Crippen LogP contribution is -2.47. The van der Waals surface area contributed by atoms with Crippen LogP contribution in [0.5, 0.6) is 5.75 Å². The maximum Gasteiger partial charge on any atom is 0.251 e. The smallest absolute Gasteiger partial charge is 0.251 e. The van der Waals surface area contributed by atoms with Crippen LogP contribution in [0.2, 0.25) is 5.02 Å². The van der Waals surface area contributed by atoms with E-state index in [1.807, 2.05) is 31.2 Å². The van der Waals surface area contributed by atoms with Crippen molar-refractivity contribution >= 4 is 29.1 Å². The Balaban J connectivity index is 1.50. The Bertz CT molecular complexity index is 1450. The molecule has 2 amide bonds. The van der Waals surface area contributed by atoms with Gasteiger partial charge in [-0.1, -0.05) is 54.3 Å². The summed E-state index contributed by atoms with van der Waals surface area (Å²) in [4.78, 5) is 30.7. The molecule has 9 nitrogen and oxygen atoms in total. The highest BCUT2D eigenvalue weighted by Gasteiger charge is 2.34. The van der Waals surface area contributed by atoms with E-state index in [0.29, 0.717) is 27.8 Å². The van der Waals surface area contributed by atoms with Crippen LogP contribution in [0.1, 0.15) is 42.9 Å². The Morgan fingerprint density at radius 2 is 1.70 bits per heavy atom. The van der Waals surface area contributed by atoms with Crippen molar-refractivity contribution in [3.8, 4) is 17.1 Å². The Morgan fingerprint density at radius 3 is 2.35 bits per heavy atom. The minimum atomic E-state index is -0.902. The van der Waals surface area contributed by atoms with Crippen LogP contribution in [0.3, 0.4) is 0 Å². The molecule has 206 valence electrons. The van der Waals surface area contributed by atoms with Crippen LogP contribution in [-0.2, 0) is 16.1 Å². The van der Waals surface area contributed by atoms with E-state index >= 15 is 0 Å². The summed E-state index contributed by atoms with van der Waals surface area (Å²) in [6.07, 6.45) is 4.02. The molecule has 1 atom stereocenters. The van der Waals surface area contributed by atoms with Gasteiger partial charge in [0, 0.05) is 22.3 Å². The molecule has 0 unspecified atom stereocenters. The molecule has 0 bridgehead atoms. The molecule has 1 fully saturated rings. The lowest BCUT2D eigenvalue weighted by atomic mass is 10.0. The van der Waals surface area contributed by atoms with E-state index in [4.69, 9.17) is 16.3 Å². The molecular formula is C30H31ClN6O3. The second-order valence-corrected chi connectivity index (χ2v) is 10.4. The number of rotatable bonds is 9. The van der Waals surface area contributed by atoms with Crippen LogP contribution in [0.4, 0.5) is 5.69 Å². The van der Waals surface area contributed by atoms with Crippen molar-refractivity contribution in [2.75, 3.05) is 12.0 Å². The van der Waals surface area contributed by atoms with Crippen LogP contribution >= 0.6 is 11.6 Å². The Kier molecular flexibility index (Phi) is 8.40. The number of halogens is 1. The number of aromatic nitrogens is 4. The number of tetrazole rings is 1. The third-order valence-corrected chi connectivity index (χ3v) is 7.30. The van der Waals surface area contributed by atoms with Crippen molar-refractivity contribution in [3.63, 3.8) is 0 Å². The predicted molar refractivity (Wildman–Crippen MR) is 153 cm³/mol. The highest BCUT2D eigenvalue weighted by Crippen LogP contribution is 2.31. The zero-order valence-electron chi connectivity index (χ0n) is 22.5. The number of methoxy groups -OCH3 is 1. The molecule has 3 aromatic carbocycles. The van der Waals surface area contributed by atoms with Gasteiger partial charge in [-0.3, -0.25) is 14.5 Å². The van der Waals surface area contributed by atoms with Crippen molar-refractivity contribution in [1.82, 2.24) is 25.5 Å². The molecule has 0 saturated heterocycles. The van der Waals surface area contributed by atoms with Gasteiger partial charge in [0.2, 0.25) is 11.7 Å². The zero-order chi connectivity index (χ0) is 28.1. The number of aryl methyl sites for hydroxylation is 1. The molecule has 4 aromatic rings. The van der Waals surface area contributed by atoms with Gasteiger partial charge in [-0.15, -0.1) is 10.2 Å². The van der Waals surface area contributed by atoms with Crippen molar-refractivity contribution in [3.05, 3.63) is 88.9 Å². The molecule has 1 saturated carbocycles. The van der Waals surface area contributed by atoms with Gasteiger partial charge in [-0.05, 0) is 79.1 Å². The molecule has 0 radical (unpaired) electrons. The first kappa shape index (κ1) is 27.3. The number of ether oxygens (including phenoxy) is 1. The standard InChI is InChI=1S/C30H31ClN6O3/c1-20-7-9-21(10-8-20)28(30(39)32-24-5-3-4-6-24)37(25-15-17-26(40-2)18-16-25)27(38)19-36-34-29(33-35-36)22-11-13-23(31)14-12-22/h7-18,24,28H,3-6,19H2,1-2H3,(H,32,39)/t28-/m1/s1. The van der Waals surface area contributed by atoms with E-state index < -0.39 is 6.04 Å². The topological polar surface area (TPSA) is 102 Å². The maximum absolute atomic E-state index is 14.0. The molecule has 1 aromatic heterocycles. The quantitative estimate of drug-likeness (QED) is 0.305. The molecule has 1 aliphatic rings. The van der Waals surface area contributed by atoms with E-state index in [-0.39, 0.29) is 24.4 Å². The van der Waals surface area contributed by atoms with E-state index in [1.54, 1.807) is 55.6 Å². The van der Waals surface area contributed by atoms with Crippen LogP contribution in [0.25, 0.3) is 11.4 Å². The number of benzene rings is 3. The van der Waals surface area contributed by atoms with Crippen molar-refractivity contribution in [1.29, 1.82) is 0 Å². The number of amides is 2. The Hall–Kier alpha value is -4.24. The lowest BCUT2D eigenvalue weighted by molar-refractivity contribution is -0.127. The number of hydrogen-bond acceptors (Lipinski definition) is 6. The number of anilines is 1. The average Bonchev–Trinajstić information content (AvgIpc) is 3.65. The van der Waals surface area contributed by atoms with E-state index in [1.165, 1.54) is 9.70 Å². The summed E-state index contributed by atoms with van der Waals surface area (Å²) in [5, 5.41) is 16.4. The first-order chi connectivity index (χ1) is 19.4. The van der Waals surface area contributed by atoms with Gasteiger partial charge in [-0.25, -0.2) is 0 Å². The molecule has 1 N–H and O–H groups in total. The minimum absolute atomic E-state index is 0.0900. The van der Waals surface area contributed by atoms with Gasteiger partial charge in [-0.2, -0.15) is 4.80 Å². The summed E-state index contributed by atoms with van der Waals surface area (Å²) in [5.41, 5.74) is 3.04. The zero-order valence-corrected chi connectivity index (χ0v) is 23.2. The summed E-state index contributed by atoms with van der Waals surface area (Å²) in [7, 11) is 1.58. The molecule has 10 heteroatoms. The van der Waals surface area contributed by atoms with E-state index in [0.717, 1.165) is 36.8 Å². The van der Waals surface area contributed by atoms with Crippen LogP contribution in [0, 0.1) is 6.92 Å². The Morgan fingerprint density at radius 1 is 1.02 bits per heavy atom. The third-order valence-electron chi connectivity index (χ3n) is 7.05. The fourth-order valence-corrected chi connectivity index (χ4v) is 5.04. The average molecular weight is 559 g/mol. The van der Waals surface area contributed by atoms with E-state index in [2.05, 4.69) is 20.7 Å². The largest absolute Gasteiger partial charge is 0.497 e. The molecule has 40 heavy (non-hydrogen) atoms. The SMILES string of the molecule is COc1ccc(N(C(=O)Cn2nnc(-c3ccc(Cl)cc3)n2)[C@@H](C(=O)NC2CCCC2)c2ccc(C)cc2)cc1. The minimum Gasteiger partial charge on any atom is -0.497 e. The molecule has 5 rings (SSSR count). The number of carbonyl (C=O) groups excluding carboxylic acids is 2. The summed E-state index contributed by atoms with van der Waals surface area (Å²) in [6, 6.07) is 21.0. The van der Waals surface area contributed by atoms with Crippen LogP contribution in [-0.4, -0.2) is 45.2 Å². The highest BCUT2D eigenvalue weighted by atomic mass is 35.5. The molecule has 0 spiro atoms. The molecule has 0 aliphatic heterocycles. The summed E-state index contributed by atoms with van der Waals surface area (Å²) in [6.45, 7) is 1.77. The number of hydrogen-bond donors (Lipinski definition) is 1. The van der Waals surface area contributed by atoms with Crippen molar-refractivity contribution in [2.45, 2.75) is 51.2 Å². The van der Waals surface area contributed by atoms with Crippen LogP contribution in [0.15, 0.2) is 72.8 Å². The highest BCUT2D eigenvalue weighted by molar-refractivity contribution is 6.30. The van der Waals surface area contributed by atoms with Crippen molar-refractivity contribution in [2.24, 2.45) is 0 Å². The van der Waals surface area contributed by atoms with Crippen molar-refractivity contribution < 1.29 is 14.3 Å². The van der Waals surface area contributed by atoms with Gasteiger partial charge >= 0.3 is 0 Å². The maximum atomic E-state index is 14.0. The fourth-order valence-electron chi connectivity index (χ4n) is 4.92. The monoisotopic (exact) mass is 558 g/mol. The van der Waals surface area contributed by atoms with Gasteiger partial charge in [0.05, 0.1) is 7.11 Å². The van der Waals surface area contributed by atoms with Crippen LogP contribution < -0.4 is 15.0 Å². The van der Waals surface area contributed by atoms with Gasteiger partial charge in [0.1, 0.15) is 18.3 Å². The van der Waals surface area contributed by atoms with E-state index in [9.17, 15) is 9.59 Å². The molecular weight excluding hydrogens is 528 g/mol. The van der Waals surface area contributed by atoms with Gasteiger partial charge < -0.3 is 10.1 Å². The summed E-state index contributed by atoms with van der Waals surface area (Å²) >= 11 is 6.00. The molecule has 1 heterocycles. The lowest BCUT2D eigenvalue weighted by Gasteiger charge is -2.32. The Labute approximate surface area is 238 Å². The molecule has 1 aliphatic carbocycles. The second kappa shape index (κ2) is 12.3. The third kappa shape index (κ3) is 6.31. The number of carbonyl (C=O) groups is 2. The first-order valence-corrected chi connectivity index (χ1v) is 13.7. The second-order valence-electron chi connectivity index (χ2n) is 9.92. The summed E-state index contributed by atoms with van der Waals surface area (Å²) in [5.74, 6) is 0.421. The summed E-state index contributed by atoms with van der Waals surface area (Å²) < 4.78 is 5.33.